The van der Waals surface area contributed by atoms with Crippen LogP contribution in [0, 0.1) is 23.7 Å². The van der Waals surface area contributed by atoms with Crippen molar-refractivity contribution in [2.24, 2.45) is 29.4 Å². The number of phenolic OH excluding ortho intramolecular Hbond substituents is 1. The first kappa shape index (κ1) is 85.5. The number of thiazole rings is 1. The van der Waals surface area contributed by atoms with Gasteiger partial charge in [-0.05, 0) is 114 Å². The van der Waals surface area contributed by atoms with E-state index in [0.29, 0.717) is 48.7 Å². The Labute approximate surface area is 625 Å². The average molecular weight is 1490 g/mol. The van der Waals surface area contributed by atoms with Crippen LogP contribution >= 0.6 is 11.3 Å². The lowest BCUT2D eigenvalue weighted by Crippen LogP contribution is -2.54. The lowest BCUT2D eigenvalue weighted by atomic mass is 9.94. The second kappa shape index (κ2) is 45.8. The van der Waals surface area contributed by atoms with Crippen molar-refractivity contribution in [1.29, 1.82) is 0 Å². The standard InChI is InChI=1S/C77H109N11O17S/c1-10-33-88(67(90)42-51(8)12-3)65(49(4)5)45-66(102-34-11-2)73-84-64(48-106-73)71(93)82-56(44-53-25-29-57(89)30-26-53)43-52(9)69(91)86-87-77(98)103-41-40-101-39-38-100-37-36-99-35-32-80-75(96)104-46-54-23-27-55(28-24-54)81-70(92)63(22-17-31-79-74(78)95)83-72(94)68(50(6)7)85-76(97)105-47-62-60-20-15-13-18-58(60)59-19-14-16-21-61(59)62/h13-16,18-21,23-30,48-52,56,62-63,65-66,68,89H,10-12,17,22,31-47H2,1-9H3,(H,80,96)(H,81,92)(H,82,93)(H,83,94)(H,85,97)(H,86,91)(H,87,98)(H3,78,79,95)/t51-,52-,56+,63-,65+,66+,68-/m0/s1. The number of hydrogen-bond donors (Lipinski definition) is 10. The molecule has 7 atom stereocenters. The molecule has 580 valence electrons. The van der Waals surface area contributed by atoms with Crippen LogP contribution in [0.1, 0.15) is 163 Å². The third-order valence-corrected chi connectivity index (χ3v) is 18.7. The first-order valence-electron chi connectivity index (χ1n) is 36.6. The van der Waals surface area contributed by atoms with Crippen molar-refractivity contribution in [3.63, 3.8) is 0 Å². The summed E-state index contributed by atoms with van der Waals surface area (Å²) in [6.07, 6.45) is 1.54. The van der Waals surface area contributed by atoms with Crippen molar-refractivity contribution in [3.05, 3.63) is 135 Å². The minimum Gasteiger partial charge on any atom is -0.508 e. The van der Waals surface area contributed by atoms with Gasteiger partial charge in [-0.3, -0.25) is 29.4 Å². The lowest BCUT2D eigenvalue weighted by Gasteiger charge is -2.37. The molecule has 106 heavy (non-hydrogen) atoms. The first-order chi connectivity index (χ1) is 51.0. The molecule has 1 aliphatic rings. The number of rotatable bonds is 46. The molecule has 5 aromatic rings. The van der Waals surface area contributed by atoms with Gasteiger partial charge in [0.1, 0.15) is 54.5 Å². The van der Waals surface area contributed by atoms with E-state index >= 15 is 0 Å². The molecule has 11 N–H and O–H groups in total. The molecule has 0 aliphatic heterocycles. The molecule has 29 heteroatoms. The molecule has 1 aromatic heterocycles. The molecule has 0 saturated carbocycles. The molecule has 0 unspecified atom stereocenters. The fourth-order valence-electron chi connectivity index (χ4n) is 11.9. The number of benzene rings is 4. The van der Waals surface area contributed by atoms with Gasteiger partial charge in [0.05, 0.1) is 39.6 Å². The van der Waals surface area contributed by atoms with Gasteiger partial charge in [-0.25, -0.2) is 29.6 Å². The van der Waals surface area contributed by atoms with Crippen molar-refractivity contribution in [3.8, 4) is 16.9 Å². The lowest BCUT2D eigenvalue weighted by molar-refractivity contribution is -0.136. The Hall–Kier alpha value is -9.42. The minimum atomic E-state index is -1.08. The monoisotopic (exact) mass is 1490 g/mol. The summed E-state index contributed by atoms with van der Waals surface area (Å²) in [7, 11) is 0. The predicted molar refractivity (Wildman–Crippen MR) is 401 cm³/mol. The molecule has 0 saturated heterocycles. The zero-order valence-corrected chi connectivity index (χ0v) is 63.3. The van der Waals surface area contributed by atoms with Crippen LogP contribution in [0.5, 0.6) is 5.75 Å². The van der Waals surface area contributed by atoms with E-state index in [1.807, 2.05) is 60.4 Å². The number of amides is 10. The third-order valence-electron chi connectivity index (χ3n) is 17.8. The summed E-state index contributed by atoms with van der Waals surface area (Å²) in [6.45, 7) is 20.0. The summed E-state index contributed by atoms with van der Waals surface area (Å²) in [6, 6.07) is 25.4. The Kier molecular flexibility index (Phi) is 37.0. The van der Waals surface area contributed by atoms with Crippen LogP contribution in [0.4, 0.5) is 24.9 Å². The zero-order valence-electron chi connectivity index (χ0n) is 62.5. The number of carbonyl (C=O) groups excluding carboxylic acids is 9. The number of aromatic hydroxyl groups is 1. The number of hydrazine groups is 1. The number of nitrogens with one attached hydrogen (secondary N) is 8. The van der Waals surface area contributed by atoms with Crippen molar-refractivity contribution in [2.45, 2.75) is 163 Å². The predicted octanol–water partition coefficient (Wildman–Crippen LogP) is 9.94. The number of phenols is 1. The number of alkyl carbamates (subject to hydrolysis) is 2. The first-order valence-corrected chi connectivity index (χ1v) is 37.5. The van der Waals surface area contributed by atoms with E-state index in [1.54, 1.807) is 74.7 Å². The number of aromatic nitrogens is 1. The Bertz CT molecular complexity index is 3540. The molecule has 0 fully saturated rings. The fourth-order valence-corrected chi connectivity index (χ4v) is 12.8. The summed E-state index contributed by atoms with van der Waals surface area (Å²) in [5.41, 5.74) is 16.1. The van der Waals surface area contributed by atoms with Gasteiger partial charge in [-0.2, -0.15) is 0 Å². The number of anilines is 1. The number of fused-ring (bicyclic) bond motifs is 3. The van der Waals surface area contributed by atoms with E-state index in [0.717, 1.165) is 47.1 Å². The Morgan fingerprint density at radius 1 is 0.623 bits per heavy atom. The number of nitrogens with two attached hydrogens (primary N) is 1. The van der Waals surface area contributed by atoms with E-state index in [9.17, 15) is 48.3 Å². The van der Waals surface area contributed by atoms with Crippen LogP contribution < -0.4 is 48.5 Å². The Morgan fingerprint density at radius 2 is 1.26 bits per heavy atom. The average Bonchev–Trinajstić information content (AvgIpc) is 1.62. The largest absolute Gasteiger partial charge is 0.508 e. The maximum absolute atomic E-state index is 14.0. The number of urea groups is 1. The van der Waals surface area contributed by atoms with Gasteiger partial charge in [0.25, 0.3) is 5.91 Å². The van der Waals surface area contributed by atoms with Gasteiger partial charge in [0.2, 0.25) is 23.6 Å². The van der Waals surface area contributed by atoms with Crippen molar-refractivity contribution < 1.29 is 81.4 Å². The molecule has 1 heterocycles. The highest BCUT2D eigenvalue weighted by atomic mass is 32.1. The normalized spacial score (nSPS) is 13.7. The van der Waals surface area contributed by atoms with Gasteiger partial charge < -0.3 is 80.8 Å². The summed E-state index contributed by atoms with van der Waals surface area (Å²) < 4.78 is 39.2. The maximum Gasteiger partial charge on any atom is 0.426 e. The molecule has 4 aromatic carbocycles. The van der Waals surface area contributed by atoms with Crippen molar-refractivity contribution >= 4 is 70.9 Å². The number of carbonyl (C=O) groups is 9. The number of ether oxygens (including phenoxy) is 7. The smallest absolute Gasteiger partial charge is 0.426 e. The minimum absolute atomic E-state index is 0.0455. The zero-order chi connectivity index (χ0) is 76.9. The molecular weight excluding hydrogens is 1380 g/mol. The molecular formula is C77H109N11O17S. The molecule has 0 radical (unpaired) electrons. The summed E-state index contributed by atoms with van der Waals surface area (Å²) in [5.74, 6) is -2.81. The second-order valence-electron chi connectivity index (χ2n) is 26.9. The van der Waals surface area contributed by atoms with Crippen molar-refractivity contribution in [2.75, 3.05) is 84.4 Å². The highest BCUT2D eigenvalue weighted by Gasteiger charge is 2.35. The van der Waals surface area contributed by atoms with Gasteiger partial charge in [0, 0.05) is 74.1 Å². The van der Waals surface area contributed by atoms with Gasteiger partial charge in [-0.15, -0.1) is 11.3 Å². The summed E-state index contributed by atoms with van der Waals surface area (Å²) in [4.78, 5) is 125. The topological polar surface area (TPSA) is 377 Å². The van der Waals surface area contributed by atoms with Crippen LogP contribution in [0.2, 0.25) is 0 Å². The van der Waals surface area contributed by atoms with E-state index in [2.05, 4.69) is 77.4 Å². The quantitative estimate of drug-likeness (QED) is 0.00983. The number of hydrogen-bond acceptors (Lipinski definition) is 19. The molecule has 1 aliphatic carbocycles. The van der Waals surface area contributed by atoms with Crippen LogP contribution in [0.15, 0.2) is 102 Å². The maximum atomic E-state index is 14.0. The van der Waals surface area contributed by atoms with E-state index in [-0.39, 0.29) is 133 Å². The van der Waals surface area contributed by atoms with Crippen molar-refractivity contribution in [1.82, 2.24) is 47.3 Å². The molecule has 0 spiro atoms. The summed E-state index contributed by atoms with van der Waals surface area (Å²) in [5, 5.41) is 28.7. The van der Waals surface area contributed by atoms with E-state index in [1.165, 1.54) is 11.3 Å². The van der Waals surface area contributed by atoms with Gasteiger partial charge >= 0.3 is 24.3 Å². The third kappa shape index (κ3) is 29.1. The molecule has 6 rings (SSSR count). The van der Waals surface area contributed by atoms with Gasteiger partial charge in [-0.1, -0.05) is 142 Å². The van der Waals surface area contributed by atoms with Crippen LogP contribution in [-0.2, 0) is 65.4 Å². The van der Waals surface area contributed by atoms with Gasteiger partial charge in [0.15, 0.2) is 0 Å². The SMILES string of the molecule is CCCO[C@H](C[C@H](C(C)C)N(CCC)C(=O)C[C@@H](C)CC)c1nc(C(=O)N[C@@H](Cc2ccc(O)cc2)C[C@H](C)C(=O)NNC(=O)OCCOCCOCCOCCNC(=O)OCc2ccc(NC(=O)[C@H](CCCNC(N)=O)NC(=O)[C@@H](NC(=O)OCC3c4ccccc4-c4ccccc43)C(C)C)cc2)cs1. The molecule has 28 nitrogen and oxygen atoms in total. The molecule has 0 bridgehead atoms. The van der Waals surface area contributed by atoms with E-state index < -0.39 is 84.0 Å². The number of primary amides is 1. The van der Waals surface area contributed by atoms with E-state index in [4.69, 9.17) is 43.9 Å². The molecule has 10 amide bonds. The number of nitrogens with zero attached hydrogens (tertiary/aromatic N) is 2. The highest BCUT2D eigenvalue weighted by Crippen LogP contribution is 2.44. The Morgan fingerprint density at radius 3 is 1.89 bits per heavy atom. The van der Waals surface area contributed by atoms with Crippen LogP contribution in [-0.4, -0.2) is 172 Å². The van der Waals surface area contributed by atoms with Crippen LogP contribution in [0.3, 0.4) is 0 Å². The Balaban J connectivity index is 0.828. The highest BCUT2D eigenvalue weighted by molar-refractivity contribution is 7.09. The summed E-state index contributed by atoms with van der Waals surface area (Å²) >= 11 is 1.32. The second-order valence-corrected chi connectivity index (χ2v) is 27.8. The van der Waals surface area contributed by atoms with Crippen LogP contribution in [0.25, 0.3) is 11.1 Å². The fraction of sp³-hybridized carbons (Fsp3) is 0.532.